The van der Waals surface area contributed by atoms with Crippen molar-refractivity contribution in [3.8, 4) is 0 Å². The minimum atomic E-state index is -0.0680. The third-order valence-electron chi connectivity index (χ3n) is 6.12. The lowest BCUT2D eigenvalue weighted by Crippen LogP contribution is -2.46. The molecule has 5 heteroatoms. The molecule has 0 aromatic heterocycles. The summed E-state index contributed by atoms with van der Waals surface area (Å²) in [5.74, 6) is -0.133. The number of carbonyl (C=O) groups is 2. The standard InChI is InChI=1S/C22H39NO4/c1-4-6-8-10-12-21(24)26-18-14-17-15-20(19(16-18)23(17)3)27-22(25)13-11-9-7-5-2/h17-20H,4-16H2,1-3H3/t17-,18-,19+,20-/m0/s1. The molecule has 2 saturated heterocycles. The first-order chi connectivity index (χ1) is 13.0. The molecule has 2 heterocycles. The van der Waals surface area contributed by atoms with Gasteiger partial charge in [0.05, 0.1) is 6.04 Å². The van der Waals surface area contributed by atoms with Crippen LogP contribution in [0.3, 0.4) is 0 Å². The number of likely N-dealkylation sites (N-methyl/N-ethyl adjacent to an activating group) is 1. The molecule has 0 aliphatic carbocycles. The van der Waals surface area contributed by atoms with Gasteiger partial charge in [-0.1, -0.05) is 52.4 Å². The summed E-state index contributed by atoms with van der Waals surface area (Å²) in [5, 5.41) is 0. The molecule has 0 N–H and O–H groups in total. The third-order valence-corrected chi connectivity index (χ3v) is 6.12. The van der Waals surface area contributed by atoms with E-state index in [-0.39, 0.29) is 30.2 Å². The molecule has 0 amide bonds. The van der Waals surface area contributed by atoms with Crippen molar-refractivity contribution in [2.24, 2.45) is 0 Å². The van der Waals surface area contributed by atoms with Crippen LogP contribution in [0.25, 0.3) is 0 Å². The zero-order valence-electron chi connectivity index (χ0n) is 17.6. The van der Waals surface area contributed by atoms with Gasteiger partial charge >= 0.3 is 11.9 Å². The summed E-state index contributed by atoms with van der Waals surface area (Å²) in [5.41, 5.74) is 0. The number of carbonyl (C=O) groups excluding carboxylic acids is 2. The Morgan fingerprint density at radius 2 is 1.41 bits per heavy atom. The number of fused-ring (bicyclic) bond motifs is 2. The molecule has 0 unspecified atom stereocenters. The van der Waals surface area contributed by atoms with Crippen molar-refractivity contribution in [2.45, 2.75) is 122 Å². The summed E-state index contributed by atoms with van der Waals surface area (Å²) in [7, 11) is 2.10. The molecule has 27 heavy (non-hydrogen) atoms. The second kappa shape index (κ2) is 11.7. The first-order valence-corrected chi connectivity index (χ1v) is 11.2. The average molecular weight is 382 g/mol. The van der Waals surface area contributed by atoms with Gasteiger partial charge in [0.1, 0.15) is 12.2 Å². The van der Waals surface area contributed by atoms with Crippen LogP contribution in [0.15, 0.2) is 0 Å². The van der Waals surface area contributed by atoms with Gasteiger partial charge in [-0.05, 0) is 19.9 Å². The minimum Gasteiger partial charge on any atom is -0.462 e. The quantitative estimate of drug-likeness (QED) is 0.365. The van der Waals surface area contributed by atoms with Crippen molar-refractivity contribution in [3.05, 3.63) is 0 Å². The molecular formula is C22H39NO4. The highest BCUT2D eigenvalue weighted by molar-refractivity contribution is 5.70. The van der Waals surface area contributed by atoms with Gasteiger partial charge in [0, 0.05) is 38.1 Å². The summed E-state index contributed by atoms with van der Waals surface area (Å²) < 4.78 is 11.5. The van der Waals surface area contributed by atoms with Crippen LogP contribution in [0.4, 0.5) is 0 Å². The Kier molecular flexibility index (Phi) is 9.60. The zero-order chi connectivity index (χ0) is 19.6. The van der Waals surface area contributed by atoms with E-state index in [1.165, 1.54) is 25.7 Å². The van der Waals surface area contributed by atoms with Crippen LogP contribution in [-0.4, -0.2) is 48.2 Å². The Morgan fingerprint density at radius 1 is 0.815 bits per heavy atom. The second-order valence-electron chi connectivity index (χ2n) is 8.36. The van der Waals surface area contributed by atoms with Gasteiger partial charge < -0.3 is 9.47 Å². The van der Waals surface area contributed by atoms with E-state index in [0.29, 0.717) is 18.9 Å². The highest BCUT2D eigenvalue weighted by Gasteiger charge is 2.47. The predicted octanol–water partition coefficient (Wildman–Crippen LogP) is 4.62. The van der Waals surface area contributed by atoms with Gasteiger partial charge in [0.25, 0.3) is 0 Å². The monoisotopic (exact) mass is 381 g/mol. The topological polar surface area (TPSA) is 55.8 Å². The number of hydrogen-bond acceptors (Lipinski definition) is 5. The van der Waals surface area contributed by atoms with Gasteiger partial charge in [0.2, 0.25) is 0 Å². The van der Waals surface area contributed by atoms with Crippen LogP contribution in [0.1, 0.15) is 97.3 Å². The lowest BCUT2D eigenvalue weighted by Gasteiger charge is -2.36. The first-order valence-electron chi connectivity index (χ1n) is 11.2. The Bertz CT molecular complexity index is 465. The Hall–Kier alpha value is -1.10. The molecule has 2 aliphatic rings. The summed E-state index contributed by atoms with van der Waals surface area (Å²) >= 11 is 0. The van der Waals surface area contributed by atoms with Crippen LogP contribution in [0, 0.1) is 0 Å². The highest BCUT2D eigenvalue weighted by Crippen LogP contribution is 2.37. The van der Waals surface area contributed by atoms with E-state index in [0.717, 1.165) is 44.9 Å². The minimum absolute atomic E-state index is 0.0249. The number of piperidine rings is 1. The zero-order valence-corrected chi connectivity index (χ0v) is 17.6. The van der Waals surface area contributed by atoms with Crippen LogP contribution in [0.2, 0.25) is 0 Å². The number of rotatable bonds is 12. The molecule has 0 radical (unpaired) electrons. The van der Waals surface area contributed by atoms with Crippen molar-refractivity contribution >= 4 is 11.9 Å². The molecule has 5 nitrogen and oxygen atoms in total. The molecule has 2 bridgehead atoms. The maximum Gasteiger partial charge on any atom is 0.306 e. The van der Waals surface area contributed by atoms with Crippen LogP contribution >= 0.6 is 0 Å². The summed E-state index contributed by atoms with van der Waals surface area (Å²) in [6.45, 7) is 4.34. The Labute approximate surface area is 165 Å². The number of esters is 2. The molecule has 4 atom stereocenters. The maximum atomic E-state index is 12.2. The molecule has 0 aromatic carbocycles. The van der Waals surface area contributed by atoms with Crippen molar-refractivity contribution in [3.63, 3.8) is 0 Å². The first kappa shape index (κ1) is 22.2. The molecule has 156 valence electrons. The number of unbranched alkanes of at least 4 members (excludes halogenated alkanes) is 6. The smallest absolute Gasteiger partial charge is 0.306 e. The lowest BCUT2D eigenvalue weighted by atomic mass is 10.00. The third kappa shape index (κ3) is 7.10. The summed E-state index contributed by atoms with van der Waals surface area (Å²) in [4.78, 5) is 26.6. The largest absolute Gasteiger partial charge is 0.462 e. The lowest BCUT2D eigenvalue weighted by molar-refractivity contribution is -0.156. The van der Waals surface area contributed by atoms with Crippen molar-refractivity contribution in [2.75, 3.05) is 7.05 Å². The Balaban J connectivity index is 1.73. The highest BCUT2D eigenvalue weighted by atomic mass is 16.6. The van der Waals surface area contributed by atoms with Crippen LogP contribution in [0.5, 0.6) is 0 Å². The SMILES string of the molecule is CCCCCCC(=O)O[C@H]1C[C@H]2C[C@H](OC(=O)CCCCCC)[C@@H](C1)N2C. The number of hydrogen-bond donors (Lipinski definition) is 0. The fourth-order valence-corrected chi connectivity index (χ4v) is 4.46. The van der Waals surface area contributed by atoms with E-state index >= 15 is 0 Å². The molecule has 2 aliphatic heterocycles. The number of ether oxygens (including phenoxy) is 2. The van der Waals surface area contributed by atoms with Gasteiger partial charge in [-0.2, -0.15) is 0 Å². The van der Waals surface area contributed by atoms with E-state index in [1.54, 1.807) is 0 Å². The van der Waals surface area contributed by atoms with Crippen LogP contribution < -0.4 is 0 Å². The van der Waals surface area contributed by atoms with Crippen molar-refractivity contribution in [1.82, 2.24) is 4.90 Å². The second-order valence-corrected chi connectivity index (χ2v) is 8.36. The summed E-state index contributed by atoms with van der Waals surface area (Å²) in [6.07, 6.45) is 12.2. The molecule has 0 saturated carbocycles. The van der Waals surface area contributed by atoms with E-state index < -0.39 is 0 Å². The fraction of sp³-hybridized carbons (Fsp3) is 0.909. The molecular weight excluding hydrogens is 342 g/mol. The van der Waals surface area contributed by atoms with Crippen LogP contribution in [-0.2, 0) is 19.1 Å². The normalized spacial score (nSPS) is 27.5. The Morgan fingerprint density at radius 3 is 2.00 bits per heavy atom. The fourth-order valence-electron chi connectivity index (χ4n) is 4.46. The molecule has 0 aromatic rings. The molecule has 2 rings (SSSR count). The molecule has 0 spiro atoms. The maximum absolute atomic E-state index is 12.2. The average Bonchev–Trinajstić information content (AvgIpc) is 2.80. The van der Waals surface area contributed by atoms with Gasteiger partial charge in [-0.3, -0.25) is 14.5 Å². The van der Waals surface area contributed by atoms with Gasteiger partial charge in [-0.25, -0.2) is 0 Å². The van der Waals surface area contributed by atoms with Crippen molar-refractivity contribution in [1.29, 1.82) is 0 Å². The predicted molar refractivity (Wildman–Crippen MR) is 106 cm³/mol. The van der Waals surface area contributed by atoms with E-state index in [1.807, 2.05) is 0 Å². The summed E-state index contributed by atoms with van der Waals surface area (Å²) in [6, 6.07) is 0.528. The van der Waals surface area contributed by atoms with E-state index in [2.05, 4.69) is 25.8 Å². The van der Waals surface area contributed by atoms with E-state index in [4.69, 9.17) is 9.47 Å². The molecule has 2 fully saturated rings. The van der Waals surface area contributed by atoms with Gasteiger partial charge in [0.15, 0.2) is 0 Å². The van der Waals surface area contributed by atoms with E-state index in [9.17, 15) is 9.59 Å². The number of nitrogens with zero attached hydrogens (tertiary/aromatic N) is 1. The van der Waals surface area contributed by atoms with Gasteiger partial charge in [-0.15, -0.1) is 0 Å². The van der Waals surface area contributed by atoms with Crippen molar-refractivity contribution < 1.29 is 19.1 Å².